The molecule has 1 aromatic carbocycles. The van der Waals surface area contributed by atoms with Crippen LogP contribution in [-0.2, 0) is 0 Å². The Kier molecular flexibility index (Phi) is 5.48. The van der Waals surface area contributed by atoms with E-state index in [0.717, 1.165) is 40.2 Å². The van der Waals surface area contributed by atoms with Gasteiger partial charge in [-0.3, -0.25) is 0 Å². The van der Waals surface area contributed by atoms with Crippen molar-refractivity contribution in [3.05, 3.63) is 53.7 Å². The monoisotopic (exact) mass is 424 g/mol. The lowest BCUT2D eigenvalue weighted by atomic mass is 9.83. The number of nitriles is 1. The third-order valence-electron chi connectivity index (χ3n) is 6.42. The minimum atomic E-state index is 0.296. The van der Waals surface area contributed by atoms with Gasteiger partial charge in [-0.05, 0) is 56.9 Å². The first-order valence-electron chi connectivity index (χ1n) is 11.5. The van der Waals surface area contributed by atoms with Gasteiger partial charge >= 0.3 is 0 Å². The Morgan fingerprint density at radius 1 is 1.06 bits per heavy atom. The predicted octanol–water partition coefficient (Wildman–Crippen LogP) is 5.82. The molecule has 0 amide bonds. The quantitative estimate of drug-likeness (QED) is 0.560. The van der Waals surface area contributed by atoms with Crippen LogP contribution in [0.3, 0.4) is 0 Å². The molecule has 2 aliphatic rings. The van der Waals surface area contributed by atoms with E-state index in [0.29, 0.717) is 17.5 Å². The molecule has 0 bridgehead atoms. The number of nitrogens with one attached hydrogen (secondary N) is 1. The van der Waals surface area contributed by atoms with E-state index >= 15 is 0 Å². The van der Waals surface area contributed by atoms with E-state index in [9.17, 15) is 0 Å². The van der Waals surface area contributed by atoms with E-state index in [-0.39, 0.29) is 0 Å². The molecule has 0 saturated heterocycles. The van der Waals surface area contributed by atoms with Gasteiger partial charge in [0.15, 0.2) is 0 Å². The summed E-state index contributed by atoms with van der Waals surface area (Å²) in [6.45, 7) is 4.29. The molecule has 1 saturated carbocycles. The summed E-state index contributed by atoms with van der Waals surface area (Å²) < 4.78 is 1.88. The smallest absolute Gasteiger partial charge is 0.101 e. The minimum Gasteiger partial charge on any atom is -0.382 e. The van der Waals surface area contributed by atoms with Crippen LogP contribution >= 0.6 is 0 Å². The van der Waals surface area contributed by atoms with Gasteiger partial charge in [-0.15, -0.1) is 0 Å². The lowest BCUT2D eigenvalue weighted by molar-refractivity contribution is 0.437. The minimum absolute atomic E-state index is 0.296. The SMILES string of the molecule is CC(C)Nc1cc(-c2ccc3cc(C#N)cnn23)ccc1C1=NN=C(C2CCCCC2)C1. The van der Waals surface area contributed by atoms with E-state index in [2.05, 4.69) is 64.8 Å². The fourth-order valence-corrected chi connectivity index (χ4v) is 4.84. The van der Waals surface area contributed by atoms with Gasteiger partial charge in [0.2, 0.25) is 0 Å². The van der Waals surface area contributed by atoms with Gasteiger partial charge in [-0.1, -0.05) is 31.4 Å². The van der Waals surface area contributed by atoms with Gasteiger partial charge < -0.3 is 5.32 Å². The maximum Gasteiger partial charge on any atom is 0.101 e. The summed E-state index contributed by atoms with van der Waals surface area (Å²) in [5, 5.41) is 26.4. The summed E-state index contributed by atoms with van der Waals surface area (Å²) in [6, 6.07) is 14.8. The zero-order valence-corrected chi connectivity index (χ0v) is 18.7. The molecule has 6 heteroatoms. The van der Waals surface area contributed by atoms with Crippen molar-refractivity contribution >= 4 is 22.6 Å². The highest BCUT2D eigenvalue weighted by molar-refractivity contribution is 6.18. The molecule has 0 atom stereocenters. The number of hydrogen-bond donors (Lipinski definition) is 1. The molecule has 1 fully saturated rings. The van der Waals surface area contributed by atoms with Crippen LogP contribution in [0.4, 0.5) is 5.69 Å². The van der Waals surface area contributed by atoms with E-state index in [1.54, 1.807) is 6.20 Å². The van der Waals surface area contributed by atoms with Crippen molar-refractivity contribution in [2.45, 2.75) is 58.4 Å². The number of aromatic nitrogens is 2. The van der Waals surface area contributed by atoms with E-state index in [1.165, 1.54) is 37.8 Å². The van der Waals surface area contributed by atoms with Crippen molar-refractivity contribution in [2.24, 2.45) is 16.1 Å². The molecular weight excluding hydrogens is 396 g/mol. The predicted molar refractivity (Wildman–Crippen MR) is 129 cm³/mol. The topological polar surface area (TPSA) is 77.8 Å². The molecule has 6 nitrogen and oxygen atoms in total. The first kappa shape index (κ1) is 20.4. The summed E-state index contributed by atoms with van der Waals surface area (Å²) >= 11 is 0. The standard InChI is InChI=1S/C26H28N6/c1-17(2)29-24-13-20(26-11-9-21-12-18(15-27)16-28-32(21)26)8-10-22(24)25-14-23(30-31-25)19-6-4-3-5-7-19/h8-13,16-17,19,29H,3-7,14H2,1-2H3. The summed E-state index contributed by atoms with van der Waals surface area (Å²) in [6.07, 6.45) is 8.92. The Labute approximate surface area is 188 Å². The van der Waals surface area contributed by atoms with Crippen molar-refractivity contribution in [3.63, 3.8) is 0 Å². The van der Waals surface area contributed by atoms with Gasteiger partial charge in [-0.25, -0.2) is 4.52 Å². The van der Waals surface area contributed by atoms with Gasteiger partial charge in [0.25, 0.3) is 0 Å². The number of fused-ring (bicyclic) bond motifs is 1. The van der Waals surface area contributed by atoms with Crippen LogP contribution < -0.4 is 5.32 Å². The van der Waals surface area contributed by atoms with E-state index in [1.807, 2.05) is 16.6 Å². The largest absolute Gasteiger partial charge is 0.382 e. The average Bonchev–Trinajstić information content (AvgIpc) is 3.46. The normalized spacial score (nSPS) is 16.8. The van der Waals surface area contributed by atoms with Crippen molar-refractivity contribution < 1.29 is 0 Å². The number of rotatable bonds is 5. The molecule has 1 aliphatic carbocycles. The van der Waals surface area contributed by atoms with Crippen molar-refractivity contribution in [3.8, 4) is 17.3 Å². The highest BCUT2D eigenvalue weighted by Gasteiger charge is 2.25. The Morgan fingerprint density at radius 2 is 1.91 bits per heavy atom. The number of hydrogen-bond acceptors (Lipinski definition) is 5. The molecule has 3 heterocycles. The van der Waals surface area contributed by atoms with Crippen molar-refractivity contribution in [1.82, 2.24) is 9.61 Å². The molecule has 1 N–H and O–H groups in total. The maximum absolute atomic E-state index is 9.15. The first-order chi connectivity index (χ1) is 15.6. The molecule has 32 heavy (non-hydrogen) atoms. The highest BCUT2D eigenvalue weighted by Crippen LogP contribution is 2.32. The molecule has 0 spiro atoms. The summed E-state index contributed by atoms with van der Waals surface area (Å²) in [7, 11) is 0. The van der Waals surface area contributed by atoms with Gasteiger partial charge in [0, 0.05) is 35.0 Å². The average molecular weight is 425 g/mol. The number of benzene rings is 1. The molecule has 0 unspecified atom stereocenters. The van der Waals surface area contributed by atoms with E-state index < -0.39 is 0 Å². The second-order valence-corrected chi connectivity index (χ2v) is 9.12. The molecule has 3 aromatic rings. The van der Waals surface area contributed by atoms with Crippen LogP contribution in [0.2, 0.25) is 0 Å². The fraction of sp³-hybridized carbons (Fsp3) is 0.385. The van der Waals surface area contributed by atoms with Gasteiger partial charge in [0.1, 0.15) is 6.07 Å². The van der Waals surface area contributed by atoms with Crippen LogP contribution in [0, 0.1) is 17.2 Å². The third-order valence-corrected chi connectivity index (χ3v) is 6.42. The Balaban J connectivity index is 1.46. The molecule has 5 rings (SSSR count). The van der Waals surface area contributed by atoms with Crippen LogP contribution in [0.25, 0.3) is 16.8 Å². The number of nitrogens with zero attached hydrogens (tertiary/aromatic N) is 5. The molecule has 0 radical (unpaired) electrons. The van der Waals surface area contributed by atoms with Crippen molar-refractivity contribution in [2.75, 3.05) is 5.32 Å². The lowest BCUT2D eigenvalue weighted by Crippen LogP contribution is -2.19. The lowest BCUT2D eigenvalue weighted by Gasteiger charge is -2.21. The first-order valence-corrected chi connectivity index (χ1v) is 11.5. The van der Waals surface area contributed by atoms with Crippen LogP contribution in [0.15, 0.2) is 52.8 Å². The van der Waals surface area contributed by atoms with Crippen molar-refractivity contribution in [1.29, 1.82) is 5.26 Å². The van der Waals surface area contributed by atoms with Crippen LogP contribution in [-0.4, -0.2) is 27.1 Å². The maximum atomic E-state index is 9.15. The molecule has 1 aliphatic heterocycles. The van der Waals surface area contributed by atoms with Crippen LogP contribution in [0.5, 0.6) is 0 Å². The van der Waals surface area contributed by atoms with Gasteiger partial charge in [0.05, 0.1) is 28.7 Å². The second-order valence-electron chi connectivity index (χ2n) is 9.12. The molecular formula is C26H28N6. The van der Waals surface area contributed by atoms with E-state index in [4.69, 9.17) is 5.26 Å². The third kappa shape index (κ3) is 3.91. The summed E-state index contributed by atoms with van der Waals surface area (Å²) in [5.74, 6) is 0.599. The fourth-order valence-electron chi connectivity index (χ4n) is 4.84. The molecule has 162 valence electrons. The Morgan fingerprint density at radius 3 is 2.69 bits per heavy atom. The Bertz CT molecular complexity index is 1250. The second kappa shape index (κ2) is 8.58. The Hall–Kier alpha value is -3.46. The zero-order chi connectivity index (χ0) is 22.1. The number of anilines is 1. The van der Waals surface area contributed by atoms with Crippen LogP contribution in [0.1, 0.15) is 63.5 Å². The van der Waals surface area contributed by atoms with Gasteiger partial charge in [-0.2, -0.15) is 20.6 Å². The molecule has 2 aromatic heterocycles. The highest BCUT2D eigenvalue weighted by atomic mass is 15.2. The summed E-state index contributed by atoms with van der Waals surface area (Å²) in [5.41, 5.74) is 8.04. The zero-order valence-electron chi connectivity index (χ0n) is 18.7. The summed E-state index contributed by atoms with van der Waals surface area (Å²) in [4.78, 5) is 0.